The highest BCUT2D eigenvalue weighted by Gasteiger charge is 2.33. The molecule has 0 aromatic carbocycles. The molecule has 0 radical (unpaired) electrons. The molecule has 2 saturated heterocycles. The van der Waals surface area contributed by atoms with Crippen LogP contribution in [0.1, 0.15) is 40.6 Å². The van der Waals surface area contributed by atoms with Crippen molar-refractivity contribution in [1.82, 2.24) is 19.7 Å². The number of morpholine rings is 1. The molecule has 2 amide bonds. The van der Waals surface area contributed by atoms with Gasteiger partial charge in [0.15, 0.2) is 0 Å². The number of aromatic nitrogens is 1. The Morgan fingerprint density at radius 1 is 1.29 bits per heavy atom. The van der Waals surface area contributed by atoms with E-state index in [4.69, 9.17) is 4.74 Å². The number of pyridine rings is 1. The first-order valence-electron chi connectivity index (χ1n) is 10.9. The Morgan fingerprint density at radius 2 is 2.10 bits per heavy atom. The zero-order chi connectivity index (χ0) is 21.8. The van der Waals surface area contributed by atoms with Gasteiger partial charge < -0.3 is 19.6 Å². The van der Waals surface area contributed by atoms with Crippen LogP contribution < -0.4 is 0 Å². The van der Waals surface area contributed by atoms with E-state index in [0.717, 1.165) is 41.7 Å². The van der Waals surface area contributed by atoms with Gasteiger partial charge in [-0.05, 0) is 32.0 Å². The predicted octanol–water partition coefficient (Wildman–Crippen LogP) is 1.75. The summed E-state index contributed by atoms with van der Waals surface area (Å²) >= 11 is 1.34. The molecule has 2 aromatic heterocycles. The van der Waals surface area contributed by atoms with Crippen molar-refractivity contribution in [2.24, 2.45) is 0 Å². The fourth-order valence-electron chi connectivity index (χ4n) is 4.31. The Labute approximate surface area is 186 Å². The highest BCUT2D eigenvalue weighted by atomic mass is 32.1. The highest BCUT2D eigenvalue weighted by molar-refractivity contribution is 7.20. The Bertz CT molecular complexity index is 927. The van der Waals surface area contributed by atoms with Crippen molar-refractivity contribution < 1.29 is 19.4 Å². The highest BCUT2D eigenvalue weighted by Crippen LogP contribution is 2.38. The lowest BCUT2D eigenvalue weighted by Gasteiger charge is -2.35. The van der Waals surface area contributed by atoms with Crippen LogP contribution >= 0.6 is 11.3 Å². The minimum Gasteiger partial charge on any atom is -0.395 e. The van der Waals surface area contributed by atoms with E-state index in [1.54, 1.807) is 13.2 Å². The number of likely N-dealkylation sites (N-methyl/N-ethyl adjacent to an activating group) is 1. The summed E-state index contributed by atoms with van der Waals surface area (Å²) in [6.45, 7) is 4.00. The van der Waals surface area contributed by atoms with Gasteiger partial charge in [0.05, 0.1) is 26.3 Å². The molecule has 1 unspecified atom stereocenters. The van der Waals surface area contributed by atoms with Gasteiger partial charge >= 0.3 is 0 Å². The zero-order valence-corrected chi connectivity index (χ0v) is 18.8. The van der Waals surface area contributed by atoms with Gasteiger partial charge in [-0.25, -0.2) is 4.98 Å². The molecule has 4 rings (SSSR count). The number of carbonyl (C=O) groups excluding carboxylic acids is 2. The number of carbonyl (C=O) groups is 2. The van der Waals surface area contributed by atoms with Crippen LogP contribution in [-0.4, -0.2) is 96.1 Å². The van der Waals surface area contributed by atoms with Crippen molar-refractivity contribution in [3.8, 4) is 0 Å². The first-order chi connectivity index (χ1) is 15.1. The molecule has 2 aliphatic heterocycles. The molecule has 168 valence electrons. The second kappa shape index (κ2) is 10.0. The summed E-state index contributed by atoms with van der Waals surface area (Å²) in [4.78, 5) is 37.5. The minimum absolute atomic E-state index is 0.0978. The van der Waals surface area contributed by atoms with Gasteiger partial charge in [-0.3, -0.25) is 14.5 Å². The lowest BCUT2D eigenvalue weighted by atomic mass is 10.0. The van der Waals surface area contributed by atoms with Crippen molar-refractivity contribution in [2.75, 3.05) is 59.5 Å². The number of likely N-dealkylation sites (tertiary alicyclic amines) is 1. The largest absolute Gasteiger partial charge is 0.395 e. The van der Waals surface area contributed by atoms with E-state index in [9.17, 15) is 14.7 Å². The Morgan fingerprint density at radius 3 is 2.87 bits per heavy atom. The molecular formula is C22H30N4O4S. The number of hydrogen-bond donors (Lipinski definition) is 1. The SMILES string of the molecule is CN(CCO)C(=O)c1sc2ncccc2c1C1CN(C(=O)CN2CCCCC2)CCO1. The number of amides is 2. The summed E-state index contributed by atoms with van der Waals surface area (Å²) < 4.78 is 6.08. The van der Waals surface area contributed by atoms with Crippen molar-refractivity contribution in [1.29, 1.82) is 0 Å². The van der Waals surface area contributed by atoms with E-state index < -0.39 is 0 Å². The molecular weight excluding hydrogens is 416 g/mol. The number of aliphatic hydroxyl groups excluding tert-OH is 1. The third kappa shape index (κ3) is 4.90. The van der Waals surface area contributed by atoms with E-state index in [2.05, 4.69) is 9.88 Å². The fourth-order valence-corrected chi connectivity index (χ4v) is 5.50. The van der Waals surface area contributed by atoms with Crippen LogP contribution in [0.5, 0.6) is 0 Å². The summed E-state index contributed by atoms with van der Waals surface area (Å²) in [5, 5.41) is 10.1. The first kappa shape index (κ1) is 22.1. The molecule has 31 heavy (non-hydrogen) atoms. The maximum Gasteiger partial charge on any atom is 0.264 e. The first-order valence-corrected chi connectivity index (χ1v) is 11.8. The number of rotatable bonds is 6. The lowest BCUT2D eigenvalue weighted by molar-refractivity contribution is -0.140. The molecule has 9 heteroatoms. The second-order valence-corrected chi connectivity index (χ2v) is 9.19. The van der Waals surface area contributed by atoms with Crippen LogP contribution in [0.15, 0.2) is 18.3 Å². The van der Waals surface area contributed by atoms with Gasteiger partial charge in [-0.2, -0.15) is 0 Å². The Kier molecular flexibility index (Phi) is 7.16. The molecule has 2 aliphatic rings. The summed E-state index contributed by atoms with van der Waals surface area (Å²) in [6.07, 6.45) is 4.88. The van der Waals surface area contributed by atoms with E-state index in [1.165, 1.54) is 22.7 Å². The fraction of sp³-hybridized carbons (Fsp3) is 0.591. The maximum absolute atomic E-state index is 13.1. The van der Waals surface area contributed by atoms with Crippen LogP contribution in [-0.2, 0) is 9.53 Å². The van der Waals surface area contributed by atoms with Crippen molar-refractivity contribution in [2.45, 2.75) is 25.4 Å². The van der Waals surface area contributed by atoms with Gasteiger partial charge in [0.1, 0.15) is 15.8 Å². The Hall–Kier alpha value is -2.07. The Balaban J connectivity index is 1.57. The van der Waals surface area contributed by atoms with Crippen molar-refractivity contribution in [3.63, 3.8) is 0 Å². The molecule has 4 heterocycles. The van der Waals surface area contributed by atoms with Crippen LogP contribution in [0.4, 0.5) is 0 Å². The molecule has 8 nitrogen and oxygen atoms in total. The topological polar surface area (TPSA) is 86.2 Å². The van der Waals surface area contributed by atoms with Crippen LogP contribution in [0, 0.1) is 0 Å². The summed E-state index contributed by atoms with van der Waals surface area (Å²) in [6, 6.07) is 3.81. The third-order valence-electron chi connectivity index (χ3n) is 6.03. The number of piperidine rings is 1. The van der Waals surface area contributed by atoms with E-state index in [1.807, 2.05) is 17.0 Å². The normalized spacial score (nSPS) is 20.2. The quantitative estimate of drug-likeness (QED) is 0.728. The van der Waals surface area contributed by atoms with Crippen LogP contribution in [0.25, 0.3) is 10.2 Å². The molecule has 0 aliphatic carbocycles. The number of thiophene rings is 1. The summed E-state index contributed by atoms with van der Waals surface area (Å²) in [7, 11) is 1.68. The monoisotopic (exact) mass is 446 g/mol. The molecule has 0 spiro atoms. The van der Waals surface area contributed by atoms with Gasteiger partial charge in [0.25, 0.3) is 5.91 Å². The molecule has 1 atom stereocenters. The van der Waals surface area contributed by atoms with Crippen molar-refractivity contribution >= 4 is 33.4 Å². The second-order valence-electron chi connectivity index (χ2n) is 8.19. The number of nitrogens with zero attached hydrogens (tertiary/aromatic N) is 4. The molecule has 0 bridgehead atoms. The number of fused-ring (bicyclic) bond motifs is 1. The van der Waals surface area contributed by atoms with Crippen LogP contribution in [0.3, 0.4) is 0 Å². The van der Waals surface area contributed by atoms with E-state index in [-0.39, 0.29) is 31.1 Å². The van der Waals surface area contributed by atoms with E-state index in [0.29, 0.717) is 31.1 Å². The predicted molar refractivity (Wildman–Crippen MR) is 119 cm³/mol. The maximum atomic E-state index is 13.1. The average molecular weight is 447 g/mol. The van der Waals surface area contributed by atoms with Crippen LogP contribution in [0.2, 0.25) is 0 Å². The van der Waals surface area contributed by atoms with Crippen molar-refractivity contribution in [3.05, 3.63) is 28.8 Å². The average Bonchev–Trinajstić information content (AvgIpc) is 3.19. The van der Waals surface area contributed by atoms with Gasteiger partial charge in [0.2, 0.25) is 5.91 Å². The number of aliphatic hydroxyl groups is 1. The zero-order valence-electron chi connectivity index (χ0n) is 18.0. The molecule has 0 saturated carbocycles. The number of ether oxygens (including phenoxy) is 1. The molecule has 1 N–H and O–H groups in total. The number of hydrogen-bond acceptors (Lipinski definition) is 7. The van der Waals surface area contributed by atoms with Gasteiger partial charge in [-0.1, -0.05) is 12.5 Å². The molecule has 2 aromatic rings. The smallest absolute Gasteiger partial charge is 0.264 e. The minimum atomic E-state index is -0.376. The lowest BCUT2D eigenvalue weighted by Crippen LogP contribution is -2.47. The van der Waals surface area contributed by atoms with Gasteiger partial charge in [-0.15, -0.1) is 11.3 Å². The third-order valence-corrected chi connectivity index (χ3v) is 7.15. The van der Waals surface area contributed by atoms with Gasteiger partial charge in [0, 0.05) is 37.3 Å². The summed E-state index contributed by atoms with van der Waals surface area (Å²) in [5.74, 6) is -0.0365. The summed E-state index contributed by atoms with van der Waals surface area (Å²) in [5.41, 5.74) is 0.804. The van der Waals surface area contributed by atoms with E-state index >= 15 is 0 Å². The standard InChI is InChI=1S/C22H30N4O4S/c1-24(10-12-27)22(29)20-19(16-6-5-7-23-21(16)31-20)17-14-26(11-13-30-17)18(28)15-25-8-3-2-4-9-25/h5-7,17,27H,2-4,8-15H2,1H3. The molecule has 2 fully saturated rings.